The molecule has 0 aromatic heterocycles. The Hall–Kier alpha value is -1.69. The first kappa shape index (κ1) is 13.3. The fourth-order valence-electron chi connectivity index (χ4n) is 4.14. The summed E-state index contributed by atoms with van der Waals surface area (Å²) in [6.45, 7) is 0. The number of rotatable bonds is 2. The molecule has 2 fully saturated rings. The summed E-state index contributed by atoms with van der Waals surface area (Å²) in [5.74, 6) is 1.50. The van der Waals surface area contributed by atoms with Gasteiger partial charge in [0.15, 0.2) is 0 Å². The molecule has 2 aliphatic carbocycles. The van der Waals surface area contributed by atoms with Crippen molar-refractivity contribution in [3.63, 3.8) is 0 Å². The van der Waals surface area contributed by atoms with E-state index in [9.17, 15) is 5.26 Å². The second kappa shape index (κ2) is 5.75. The van der Waals surface area contributed by atoms with Crippen LogP contribution in [-0.2, 0) is 0 Å². The first-order valence-electron chi connectivity index (χ1n) is 7.80. The molecular weight excluding hydrogens is 246 g/mol. The summed E-state index contributed by atoms with van der Waals surface area (Å²) in [7, 11) is 0. The Morgan fingerprint density at radius 2 is 1.80 bits per heavy atom. The number of nitrogens with two attached hydrogens (primary N) is 1. The van der Waals surface area contributed by atoms with Crippen LogP contribution in [0, 0.1) is 29.1 Å². The zero-order chi connectivity index (χ0) is 13.9. The predicted octanol–water partition coefficient (Wildman–Crippen LogP) is 3.79. The van der Waals surface area contributed by atoms with Gasteiger partial charge in [0.1, 0.15) is 0 Å². The number of nitrogen functional groups attached to an aromatic ring is 1. The maximum atomic E-state index is 9.36. The third kappa shape index (κ3) is 2.47. The van der Waals surface area contributed by atoms with E-state index in [1.165, 1.54) is 25.7 Å². The summed E-state index contributed by atoms with van der Waals surface area (Å²) < 4.78 is 0. The first-order chi connectivity index (χ1) is 9.79. The molecule has 0 radical (unpaired) electrons. The van der Waals surface area contributed by atoms with Gasteiger partial charge in [0, 0.05) is 12.0 Å². The van der Waals surface area contributed by atoms with Crippen LogP contribution in [0.25, 0.3) is 0 Å². The summed E-state index contributed by atoms with van der Waals surface area (Å²) in [5.41, 5.74) is 7.92. The molecule has 0 spiro atoms. The highest BCUT2D eigenvalue weighted by Gasteiger charge is 2.40. The molecule has 3 N–H and O–H groups in total. The molecule has 2 saturated carbocycles. The summed E-state index contributed by atoms with van der Waals surface area (Å²) >= 11 is 0. The lowest BCUT2D eigenvalue weighted by atomic mass is 9.64. The van der Waals surface area contributed by atoms with Crippen LogP contribution >= 0.6 is 0 Å². The Morgan fingerprint density at radius 3 is 2.55 bits per heavy atom. The third-order valence-corrected chi connectivity index (χ3v) is 5.16. The predicted molar refractivity (Wildman–Crippen MR) is 82.1 cm³/mol. The van der Waals surface area contributed by atoms with Crippen molar-refractivity contribution < 1.29 is 0 Å². The number of fused-ring (bicyclic) bond motifs is 1. The number of hydrogen-bond acceptors (Lipinski definition) is 3. The Bertz CT molecular complexity index is 505. The molecule has 4 unspecified atom stereocenters. The third-order valence-electron chi connectivity index (χ3n) is 5.16. The minimum Gasteiger partial charge on any atom is -0.397 e. The summed E-state index contributed by atoms with van der Waals surface area (Å²) in [6.07, 6.45) is 7.20. The van der Waals surface area contributed by atoms with Crippen LogP contribution in [0.1, 0.15) is 38.5 Å². The molecule has 0 saturated heterocycles. The van der Waals surface area contributed by atoms with Crippen LogP contribution in [0.5, 0.6) is 0 Å². The van der Waals surface area contributed by atoms with Crippen LogP contribution in [-0.4, -0.2) is 6.04 Å². The zero-order valence-electron chi connectivity index (χ0n) is 11.9. The van der Waals surface area contributed by atoms with Crippen molar-refractivity contribution >= 4 is 11.4 Å². The largest absolute Gasteiger partial charge is 0.397 e. The molecule has 0 heterocycles. The molecule has 3 heteroatoms. The summed E-state index contributed by atoms with van der Waals surface area (Å²) in [4.78, 5) is 0. The van der Waals surface area contributed by atoms with Crippen molar-refractivity contribution in [2.24, 2.45) is 17.8 Å². The number of benzene rings is 1. The second-order valence-electron chi connectivity index (χ2n) is 6.26. The molecule has 106 valence electrons. The fraction of sp³-hybridized carbons (Fsp3) is 0.588. The number of nitriles is 1. The van der Waals surface area contributed by atoms with Crippen molar-refractivity contribution in [2.45, 2.75) is 44.6 Å². The summed E-state index contributed by atoms with van der Waals surface area (Å²) in [5, 5.41) is 13.0. The van der Waals surface area contributed by atoms with Gasteiger partial charge in [-0.2, -0.15) is 5.26 Å². The quantitative estimate of drug-likeness (QED) is 0.803. The average Bonchev–Trinajstić information content (AvgIpc) is 2.50. The van der Waals surface area contributed by atoms with Crippen LogP contribution in [0.3, 0.4) is 0 Å². The zero-order valence-corrected chi connectivity index (χ0v) is 11.9. The maximum Gasteiger partial charge on any atom is 0.0658 e. The molecular formula is C17H23N3. The number of nitrogens with one attached hydrogen (secondary N) is 1. The molecule has 1 aromatic carbocycles. The van der Waals surface area contributed by atoms with E-state index >= 15 is 0 Å². The lowest BCUT2D eigenvalue weighted by Gasteiger charge is -2.44. The van der Waals surface area contributed by atoms with Crippen LogP contribution < -0.4 is 11.1 Å². The van der Waals surface area contributed by atoms with Gasteiger partial charge in [-0.1, -0.05) is 25.0 Å². The normalized spacial score (nSPS) is 33.0. The van der Waals surface area contributed by atoms with Crippen LogP contribution in [0.2, 0.25) is 0 Å². The number of para-hydroxylation sites is 2. The van der Waals surface area contributed by atoms with Gasteiger partial charge >= 0.3 is 0 Å². The first-order valence-corrected chi connectivity index (χ1v) is 7.80. The fourth-order valence-corrected chi connectivity index (χ4v) is 4.14. The molecule has 4 atom stereocenters. The molecule has 2 aliphatic rings. The highest BCUT2D eigenvalue weighted by Crippen LogP contribution is 2.44. The second-order valence-corrected chi connectivity index (χ2v) is 6.26. The van der Waals surface area contributed by atoms with E-state index in [0.717, 1.165) is 24.2 Å². The highest BCUT2D eigenvalue weighted by atomic mass is 14.9. The molecule has 0 bridgehead atoms. The number of hydrogen-bond donors (Lipinski definition) is 2. The number of nitrogens with zero attached hydrogens (tertiary/aromatic N) is 1. The van der Waals surface area contributed by atoms with Gasteiger partial charge in [-0.3, -0.25) is 0 Å². The van der Waals surface area contributed by atoms with Crippen molar-refractivity contribution in [3.8, 4) is 6.07 Å². The van der Waals surface area contributed by atoms with Crippen molar-refractivity contribution in [1.82, 2.24) is 0 Å². The Morgan fingerprint density at radius 1 is 1.05 bits per heavy atom. The Balaban J connectivity index is 1.77. The van der Waals surface area contributed by atoms with Crippen LogP contribution in [0.4, 0.5) is 11.4 Å². The standard InChI is InChI=1S/C17H23N3/c18-11-12-9-10-16(14-6-2-1-5-13(12)14)20-17-8-4-3-7-15(17)19/h3-4,7-8,12-14,16,20H,1-2,5-6,9-10,19H2. The summed E-state index contributed by atoms with van der Waals surface area (Å²) in [6, 6.07) is 11.0. The lowest BCUT2D eigenvalue weighted by Crippen LogP contribution is -2.43. The van der Waals surface area contributed by atoms with E-state index in [0.29, 0.717) is 17.9 Å². The van der Waals surface area contributed by atoms with Gasteiger partial charge in [-0.25, -0.2) is 0 Å². The molecule has 0 aliphatic heterocycles. The van der Waals surface area contributed by atoms with Crippen LogP contribution in [0.15, 0.2) is 24.3 Å². The highest BCUT2D eigenvalue weighted by molar-refractivity contribution is 5.66. The van der Waals surface area contributed by atoms with Crippen molar-refractivity contribution in [2.75, 3.05) is 11.1 Å². The number of anilines is 2. The van der Waals surface area contributed by atoms with E-state index in [2.05, 4.69) is 17.5 Å². The minimum atomic E-state index is 0.270. The van der Waals surface area contributed by atoms with Gasteiger partial charge in [-0.15, -0.1) is 0 Å². The van der Waals surface area contributed by atoms with Crippen molar-refractivity contribution in [3.05, 3.63) is 24.3 Å². The van der Waals surface area contributed by atoms with Gasteiger partial charge in [0.25, 0.3) is 0 Å². The Labute approximate surface area is 121 Å². The lowest BCUT2D eigenvalue weighted by molar-refractivity contribution is 0.120. The molecule has 3 nitrogen and oxygen atoms in total. The van der Waals surface area contributed by atoms with Gasteiger partial charge in [0.05, 0.1) is 17.4 Å². The molecule has 3 rings (SSSR count). The van der Waals surface area contributed by atoms with E-state index in [-0.39, 0.29) is 5.92 Å². The Kier molecular flexibility index (Phi) is 3.82. The van der Waals surface area contributed by atoms with Crippen molar-refractivity contribution in [1.29, 1.82) is 5.26 Å². The maximum absolute atomic E-state index is 9.36. The van der Waals surface area contributed by atoms with E-state index in [4.69, 9.17) is 5.73 Å². The SMILES string of the molecule is N#CC1CCC(Nc2ccccc2N)C2CCCCC12. The molecule has 0 amide bonds. The minimum absolute atomic E-state index is 0.270. The smallest absolute Gasteiger partial charge is 0.0658 e. The average molecular weight is 269 g/mol. The topological polar surface area (TPSA) is 61.8 Å². The molecule has 1 aromatic rings. The monoisotopic (exact) mass is 269 g/mol. The van der Waals surface area contributed by atoms with E-state index in [1.807, 2.05) is 18.2 Å². The van der Waals surface area contributed by atoms with Gasteiger partial charge < -0.3 is 11.1 Å². The van der Waals surface area contributed by atoms with E-state index < -0.39 is 0 Å². The molecule has 20 heavy (non-hydrogen) atoms. The van der Waals surface area contributed by atoms with E-state index in [1.54, 1.807) is 0 Å². The van der Waals surface area contributed by atoms with Gasteiger partial charge in [-0.05, 0) is 49.7 Å². The van der Waals surface area contributed by atoms with Gasteiger partial charge in [0.2, 0.25) is 0 Å².